The summed E-state index contributed by atoms with van der Waals surface area (Å²) in [5, 5.41) is 4.26. The maximum atomic E-state index is 13.2. The molecule has 1 unspecified atom stereocenters. The van der Waals surface area contributed by atoms with Crippen LogP contribution in [0.15, 0.2) is 30.5 Å². The number of benzene rings is 1. The van der Waals surface area contributed by atoms with Gasteiger partial charge in [-0.3, -0.25) is 10.5 Å². The summed E-state index contributed by atoms with van der Waals surface area (Å²) in [5.74, 6) is 5.53. The third kappa shape index (κ3) is 3.08. The molecule has 0 fully saturated rings. The zero-order chi connectivity index (χ0) is 15.6. The van der Waals surface area contributed by atoms with E-state index in [2.05, 4.69) is 10.5 Å². The van der Waals surface area contributed by atoms with Crippen LogP contribution < -0.4 is 11.3 Å². The standard InChI is InChI=1S/C14H17F3N4/c1-3-12-10(8-21(2)20-12)13(19-18)9-6-4-5-7-11(9)14(15,16)17/h4-8,13,19H,3,18H2,1-2H3. The van der Waals surface area contributed by atoms with Gasteiger partial charge in [0.05, 0.1) is 17.3 Å². The van der Waals surface area contributed by atoms with Gasteiger partial charge in [-0.15, -0.1) is 0 Å². The molecule has 0 radical (unpaired) electrons. The van der Waals surface area contributed by atoms with Crippen molar-refractivity contribution < 1.29 is 13.2 Å². The maximum Gasteiger partial charge on any atom is 0.416 e. The average molecular weight is 298 g/mol. The summed E-state index contributed by atoms with van der Waals surface area (Å²) in [5.41, 5.74) is 3.25. The second-order valence-corrected chi connectivity index (χ2v) is 4.74. The third-order valence-corrected chi connectivity index (χ3v) is 3.33. The fraction of sp³-hybridized carbons (Fsp3) is 0.357. The Hall–Kier alpha value is -1.86. The molecule has 1 aromatic carbocycles. The van der Waals surface area contributed by atoms with Crippen LogP contribution in [0.5, 0.6) is 0 Å². The van der Waals surface area contributed by atoms with Crippen molar-refractivity contribution in [3.05, 3.63) is 52.8 Å². The molecule has 0 bridgehead atoms. The minimum Gasteiger partial charge on any atom is -0.275 e. The van der Waals surface area contributed by atoms with Crippen molar-refractivity contribution in [2.75, 3.05) is 0 Å². The molecule has 3 N–H and O–H groups in total. The lowest BCUT2D eigenvalue weighted by atomic mass is 9.94. The molecule has 2 rings (SSSR count). The molecule has 0 aliphatic rings. The highest BCUT2D eigenvalue weighted by Crippen LogP contribution is 2.36. The summed E-state index contributed by atoms with van der Waals surface area (Å²) >= 11 is 0. The van der Waals surface area contributed by atoms with Crippen LogP contribution in [0.4, 0.5) is 13.2 Å². The van der Waals surface area contributed by atoms with Crippen LogP contribution in [0, 0.1) is 0 Å². The zero-order valence-corrected chi connectivity index (χ0v) is 11.8. The highest BCUT2D eigenvalue weighted by Gasteiger charge is 2.35. The number of nitrogens with zero attached hydrogens (tertiary/aromatic N) is 2. The molecule has 0 saturated carbocycles. The van der Waals surface area contributed by atoms with Crippen molar-refractivity contribution in [1.29, 1.82) is 0 Å². The molecule has 21 heavy (non-hydrogen) atoms. The van der Waals surface area contributed by atoms with Crippen LogP contribution in [0.3, 0.4) is 0 Å². The van der Waals surface area contributed by atoms with Gasteiger partial charge in [-0.05, 0) is 18.1 Å². The average Bonchev–Trinajstić information content (AvgIpc) is 2.80. The van der Waals surface area contributed by atoms with Gasteiger partial charge in [0, 0.05) is 18.8 Å². The van der Waals surface area contributed by atoms with Crippen molar-refractivity contribution in [2.24, 2.45) is 12.9 Å². The van der Waals surface area contributed by atoms with E-state index in [1.54, 1.807) is 24.0 Å². The van der Waals surface area contributed by atoms with E-state index in [1.165, 1.54) is 12.1 Å². The molecular formula is C14H17F3N4. The summed E-state index contributed by atoms with van der Waals surface area (Å²) in [6, 6.07) is 4.66. The number of aryl methyl sites for hydroxylation is 2. The van der Waals surface area contributed by atoms with Crippen LogP contribution in [0.1, 0.15) is 35.3 Å². The molecule has 4 nitrogen and oxygen atoms in total. The van der Waals surface area contributed by atoms with Crippen LogP contribution in [0.2, 0.25) is 0 Å². The third-order valence-electron chi connectivity index (χ3n) is 3.33. The molecular weight excluding hydrogens is 281 g/mol. The van der Waals surface area contributed by atoms with E-state index in [9.17, 15) is 13.2 Å². The van der Waals surface area contributed by atoms with Crippen molar-refractivity contribution in [2.45, 2.75) is 25.6 Å². The number of nitrogens with one attached hydrogen (secondary N) is 1. The van der Waals surface area contributed by atoms with Gasteiger partial charge in [0.2, 0.25) is 0 Å². The smallest absolute Gasteiger partial charge is 0.275 e. The lowest BCUT2D eigenvalue weighted by Crippen LogP contribution is -2.31. The molecule has 2 aromatic rings. The monoisotopic (exact) mass is 298 g/mol. The van der Waals surface area contributed by atoms with Gasteiger partial charge in [0.1, 0.15) is 0 Å². The number of hydrogen-bond acceptors (Lipinski definition) is 3. The predicted molar refractivity (Wildman–Crippen MR) is 73.2 cm³/mol. The Kier molecular flexibility index (Phi) is 4.34. The molecule has 0 spiro atoms. The topological polar surface area (TPSA) is 55.9 Å². The highest BCUT2D eigenvalue weighted by molar-refractivity contribution is 5.39. The highest BCUT2D eigenvalue weighted by atomic mass is 19.4. The first-order chi connectivity index (χ1) is 9.88. The Labute approximate surface area is 120 Å². The second-order valence-electron chi connectivity index (χ2n) is 4.74. The molecule has 0 saturated heterocycles. The number of rotatable bonds is 4. The van der Waals surface area contributed by atoms with Crippen molar-refractivity contribution in [3.63, 3.8) is 0 Å². The van der Waals surface area contributed by atoms with E-state index in [1.807, 2.05) is 6.92 Å². The SMILES string of the molecule is CCc1nn(C)cc1C(NN)c1ccccc1C(F)(F)F. The number of alkyl halides is 3. The van der Waals surface area contributed by atoms with Crippen LogP contribution in [-0.2, 0) is 19.6 Å². The van der Waals surface area contributed by atoms with Crippen molar-refractivity contribution in [3.8, 4) is 0 Å². The Morgan fingerprint density at radius 1 is 1.29 bits per heavy atom. The Morgan fingerprint density at radius 2 is 1.95 bits per heavy atom. The van der Waals surface area contributed by atoms with E-state index in [0.717, 1.165) is 11.8 Å². The van der Waals surface area contributed by atoms with Gasteiger partial charge in [-0.25, -0.2) is 5.43 Å². The van der Waals surface area contributed by atoms with Gasteiger partial charge in [-0.2, -0.15) is 18.3 Å². The Bertz CT molecular complexity index is 619. The molecule has 0 amide bonds. The van der Waals surface area contributed by atoms with E-state index in [0.29, 0.717) is 12.0 Å². The first kappa shape index (κ1) is 15.5. The normalized spacial score (nSPS) is 13.4. The molecule has 114 valence electrons. The number of nitrogens with two attached hydrogens (primary N) is 1. The molecule has 0 aliphatic heterocycles. The largest absolute Gasteiger partial charge is 0.416 e. The molecule has 1 aromatic heterocycles. The van der Waals surface area contributed by atoms with Crippen molar-refractivity contribution >= 4 is 0 Å². The van der Waals surface area contributed by atoms with Crippen LogP contribution in [0.25, 0.3) is 0 Å². The van der Waals surface area contributed by atoms with E-state index in [-0.39, 0.29) is 5.56 Å². The molecule has 1 heterocycles. The summed E-state index contributed by atoms with van der Waals surface area (Å²) in [7, 11) is 1.73. The van der Waals surface area contributed by atoms with Gasteiger partial charge in [0.15, 0.2) is 0 Å². The summed E-state index contributed by atoms with van der Waals surface area (Å²) in [6.07, 6.45) is -2.13. The number of aromatic nitrogens is 2. The van der Waals surface area contributed by atoms with Gasteiger partial charge < -0.3 is 0 Å². The lowest BCUT2D eigenvalue weighted by Gasteiger charge is -2.21. The fourth-order valence-corrected chi connectivity index (χ4v) is 2.42. The number of halogens is 3. The zero-order valence-electron chi connectivity index (χ0n) is 11.8. The van der Waals surface area contributed by atoms with E-state index in [4.69, 9.17) is 5.84 Å². The van der Waals surface area contributed by atoms with Crippen molar-refractivity contribution in [1.82, 2.24) is 15.2 Å². The first-order valence-electron chi connectivity index (χ1n) is 6.53. The molecule has 1 atom stereocenters. The first-order valence-corrected chi connectivity index (χ1v) is 6.53. The predicted octanol–water partition coefficient (Wildman–Crippen LogP) is 2.55. The minimum absolute atomic E-state index is 0.0928. The Balaban J connectivity index is 2.57. The van der Waals surface area contributed by atoms with E-state index >= 15 is 0 Å². The van der Waals surface area contributed by atoms with Crippen LogP contribution in [-0.4, -0.2) is 9.78 Å². The van der Waals surface area contributed by atoms with E-state index < -0.39 is 17.8 Å². The lowest BCUT2D eigenvalue weighted by molar-refractivity contribution is -0.138. The summed E-state index contributed by atoms with van der Waals surface area (Å²) in [6.45, 7) is 1.90. The molecule has 7 heteroatoms. The summed E-state index contributed by atoms with van der Waals surface area (Å²) in [4.78, 5) is 0. The van der Waals surface area contributed by atoms with Gasteiger partial charge >= 0.3 is 6.18 Å². The number of hydrogen-bond donors (Lipinski definition) is 2. The quantitative estimate of drug-likeness (QED) is 0.674. The Morgan fingerprint density at radius 3 is 2.52 bits per heavy atom. The summed E-state index contributed by atoms with van der Waals surface area (Å²) < 4.78 is 41.1. The number of hydrazine groups is 1. The van der Waals surface area contributed by atoms with Crippen LogP contribution >= 0.6 is 0 Å². The molecule has 0 aliphatic carbocycles. The van der Waals surface area contributed by atoms with Gasteiger partial charge in [0.25, 0.3) is 0 Å². The second kappa shape index (κ2) is 5.87. The fourth-order valence-electron chi connectivity index (χ4n) is 2.42. The van der Waals surface area contributed by atoms with Gasteiger partial charge in [-0.1, -0.05) is 25.1 Å². The maximum absolute atomic E-state index is 13.2. The minimum atomic E-state index is -4.43.